The number of nitrogens with zero attached hydrogens (tertiary/aromatic N) is 1. The first-order chi connectivity index (χ1) is 13.6. The van der Waals surface area contributed by atoms with E-state index in [4.69, 9.17) is 4.74 Å². The highest BCUT2D eigenvalue weighted by Crippen LogP contribution is 2.30. The van der Waals surface area contributed by atoms with Crippen LogP contribution in [0.3, 0.4) is 0 Å². The van der Waals surface area contributed by atoms with Gasteiger partial charge in [-0.2, -0.15) is 0 Å². The third kappa shape index (κ3) is 3.22. The maximum Gasteiger partial charge on any atom is 0.329 e. The molecule has 1 fully saturated rings. The second-order valence-electron chi connectivity index (χ2n) is 6.77. The van der Waals surface area contributed by atoms with Crippen LogP contribution in [0.4, 0.5) is 4.79 Å². The molecule has 0 radical (unpaired) electrons. The minimum absolute atomic E-state index is 0.231. The van der Waals surface area contributed by atoms with Gasteiger partial charge in [0.1, 0.15) is 11.4 Å². The number of imide groups is 1. The van der Waals surface area contributed by atoms with Crippen molar-refractivity contribution in [1.29, 1.82) is 0 Å². The van der Waals surface area contributed by atoms with E-state index in [0.717, 1.165) is 27.5 Å². The topological polar surface area (TPSA) is 58.6 Å². The number of carbonyl (C=O) groups is 2. The summed E-state index contributed by atoms with van der Waals surface area (Å²) in [4.78, 5) is 26.5. The molecule has 4 rings (SSSR count). The van der Waals surface area contributed by atoms with Crippen molar-refractivity contribution in [3.05, 3.63) is 83.1 Å². The molecule has 0 spiro atoms. The van der Waals surface area contributed by atoms with Crippen molar-refractivity contribution in [2.75, 3.05) is 7.11 Å². The van der Waals surface area contributed by atoms with Crippen molar-refractivity contribution in [2.24, 2.45) is 0 Å². The zero-order valence-electron chi connectivity index (χ0n) is 15.7. The largest absolute Gasteiger partial charge is 0.496 e. The molecular formula is C23H20N2O3. The molecule has 0 aliphatic carbocycles. The molecule has 0 bridgehead atoms. The zero-order chi connectivity index (χ0) is 19.7. The smallest absolute Gasteiger partial charge is 0.329 e. The number of urea groups is 1. The standard InChI is InChI=1S/C23H20N2O3/c1-15-7-9-16(10-8-15)14-25-22(26)20(24-23(25)27)13-19-18-6-4-3-5-17(18)11-12-21(19)28-2/h3-13H,14H2,1-2H3,(H,24,27)/b20-13-. The van der Waals surface area contributed by atoms with Crippen molar-refractivity contribution in [3.8, 4) is 5.75 Å². The average molecular weight is 372 g/mol. The Kier molecular flexibility index (Phi) is 4.57. The minimum atomic E-state index is -0.420. The van der Waals surface area contributed by atoms with E-state index in [1.54, 1.807) is 13.2 Å². The van der Waals surface area contributed by atoms with E-state index in [9.17, 15) is 9.59 Å². The summed E-state index contributed by atoms with van der Waals surface area (Å²) in [5.41, 5.74) is 3.04. The SMILES string of the molecule is COc1ccc2ccccc2c1/C=C1\NC(=O)N(Cc2ccc(C)cc2)C1=O. The van der Waals surface area contributed by atoms with Crippen molar-refractivity contribution in [1.82, 2.24) is 10.2 Å². The van der Waals surface area contributed by atoms with Gasteiger partial charge in [0.05, 0.1) is 13.7 Å². The number of aryl methyl sites for hydroxylation is 1. The quantitative estimate of drug-likeness (QED) is 0.550. The molecular weight excluding hydrogens is 352 g/mol. The Balaban J connectivity index is 1.70. The fourth-order valence-corrected chi connectivity index (χ4v) is 3.34. The molecule has 1 aliphatic rings. The fraction of sp³-hybridized carbons (Fsp3) is 0.130. The highest BCUT2D eigenvalue weighted by molar-refractivity contribution is 6.14. The van der Waals surface area contributed by atoms with Crippen molar-refractivity contribution >= 4 is 28.8 Å². The first-order valence-electron chi connectivity index (χ1n) is 9.02. The van der Waals surface area contributed by atoms with Gasteiger partial charge in [-0.05, 0) is 35.4 Å². The Morgan fingerprint density at radius 2 is 1.75 bits per heavy atom. The molecule has 0 aromatic heterocycles. The predicted octanol–water partition coefficient (Wildman–Crippen LogP) is 4.25. The number of ether oxygens (including phenoxy) is 1. The van der Waals surface area contributed by atoms with Crippen LogP contribution in [0.1, 0.15) is 16.7 Å². The number of rotatable bonds is 4. The summed E-state index contributed by atoms with van der Waals surface area (Å²) in [6.45, 7) is 2.23. The molecule has 140 valence electrons. The zero-order valence-corrected chi connectivity index (χ0v) is 15.7. The summed E-state index contributed by atoms with van der Waals surface area (Å²) in [5, 5.41) is 4.68. The second-order valence-corrected chi connectivity index (χ2v) is 6.77. The average Bonchev–Trinajstić information content (AvgIpc) is 2.97. The lowest BCUT2D eigenvalue weighted by Gasteiger charge is -2.12. The molecule has 3 aromatic carbocycles. The molecule has 1 aliphatic heterocycles. The van der Waals surface area contributed by atoms with Crippen LogP contribution in [-0.4, -0.2) is 23.9 Å². The van der Waals surface area contributed by atoms with Crippen LogP contribution in [0.25, 0.3) is 16.8 Å². The van der Waals surface area contributed by atoms with Gasteiger partial charge in [0, 0.05) is 5.56 Å². The fourth-order valence-electron chi connectivity index (χ4n) is 3.34. The van der Waals surface area contributed by atoms with Crippen LogP contribution in [0.5, 0.6) is 5.75 Å². The van der Waals surface area contributed by atoms with Gasteiger partial charge in [-0.1, -0.05) is 60.2 Å². The molecule has 1 heterocycles. The van der Waals surface area contributed by atoms with Crippen LogP contribution < -0.4 is 10.1 Å². The lowest BCUT2D eigenvalue weighted by molar-refractivity contribution is -0.123. The molecule has 3 aromatic rings. The summed E-state index contributed by atoms with van der Waals surface area (Å²) in [5.74, 6) is 0.297. The van der Waals surface area contributed by atoms with E-state index in [2.05, 4.69) is 5.32 Å². The van der Waals surface area contributed by atoms with Gasteiger partial charge in [-0.3, -0.25) is 9.69 Å². The van der Waals surface area contributed by atoms with E-state index in [1.807, 2.05) is 67.6 Å². The highest BCUT2D eigenvalue weighted by atomic mass is 16.5. The normalized spacial score (nSPS) is 15.4. The summed E-state index contributed by atoms with van der Waals surface area (Å²) in [6.07, 6.45) is 1.69. The monoisotopic (exact) mass is 372 g/mol. The maximum atomic E-state index is 12.9. The second kappa shape index (κ2) is 7.19. The molecule has 28 heavy (non-hydrogen) atoms. The highest BCUT2D eigenvalue weighted by Gasteiger charge is 2.33. The number of hydrogen-bond donors (Lipinski definition) is 1. The van der Waals surface area contributed by atoms with E-state index >= 15 is 0 Å². The summed E-state index contributed by atoms with van der Waals surface area (Å²) in [7, 11) is 1.59. The van der Waals surface area contributed by atoms with Gasteiger partial charge in [0.15, 0.2) is 0 Å². The molecule has 5 heteroatoms. The molecule has 5 nitrogen and oxygen atoms in total. The molecule has 0 atom stereocenters. The summed E-state index contributed by atoms with van der Waals surface area (Å²) in [6, 6.07) is 19.0. The number of carbonyl (C=O) groups excluding carboxylic acids is 2. The van der Waals surface area contributed by atoms with Crippen LogP contribution in [0, 0.1) is 6.92 Å². The van der Waals surface area contributed by atoms with Crippen molar-refractivity contribution in [2.45, 2.75) is 13.5 Å². The Morgan fingerprint density at radius 3 is 2.50 bits per heavy atom. The van der Waals surface area contributed by atoms with E-state index < -0.39 is 6.03 Å². The van der Waals surface area contributed by atoms with Crippen LogP contribution >= 0.6 is 0 Å². The number of nitrogens with one attached hydrogen (secondary N) is 1. The Hall–Kier alpha value is -3.60. The van der Waals surface area contributed by atoms with Crippen molar-refractivity contribution < 1.29 is 14.3 Å². The predicted molar refractivity (Wildman–Crippen MR) is 109 cm³/mol. The number of amides is 3. The van der Waals surface area contributed by atoms with Gasteiger partial charge in [-0.15, -0.1) is 0 Å². The van der Waals surface area contributed by atoms with Gasteiger partial charge < -0.3 is 10.1 Å². The first-order valence-corrected chi connectivity index (χ1v) is 9.02. The third-order valence-electron chi connectivity index (χ3n) is 4.86. The molecule has 0 unspecified atom stereocenters. The van der Waals surface area contributed by atoms with Crippen LogP contribution in [-0.2, 0) is 11.3 Å². The lowest BCUT2D eigenvalue weighted by Crippen LogP contribution is -2.30. The first kappa shape index (κ1) is 17.8. The van der Waals surface area contributed by atoms with E-state index in [0.29, 0.717) is 5.75 Å². The molecule has 3 amide bonds. The maximum absolute atomic E-state index is 12.9. The summed E-state index contributed by atoms with van der Waals surface area (Å²) >= 11 is 0. The van der Waals surface area contributed by atoms with Gasteiger partial charge >= 0.3 is 6.03 Å². The molecule has 0 saturated carbocycles. The number of methoxy groups -OCH3 is 1. The number of benzene rings is 3. The van der Waals surface area contributed by atoms with Gasteiger partial charge in [-0.25, -0.2) is 4.79 Å². The minimum Gasteiger partial charge on any atom is -0.496 e. The number of fused-ring (bicyclic) bond motifs is 1. The lowest BCUT2D eigenvalue weighted by atomic mass is 10.0. The molecule has 1 N–H and O–H groups in total. The van der Waals surface area contributed by atoms with Gasteiger partial charge in [0.2, 0.25) is 0 Å². The van der Waals surface area contributed by atoms with E-state index in [-0.39, 0.29) is 18.1 Å². The van der Waals surface area contributed by atoms with E-state index in [1.165, 1.54) is 4.90 Å². The number of hydrogen-bond acceptors (Lipinski definition) is 3. The Labute approximate surface area is 163 Å². The Morgan fingerprint density at radius 1 is 1.00 bits per heavy atom. The van der Waals surface area contributed by atoms with Crippen molar-refractivity contribution in [3.63, 3.8) is 0 Å². The van der Waals surface area contributed by atoms with Crippen LogP contribution in [0.2, 0.25) is 0 Å². The summed E-state index contributed by atoms with van der Waals surface area (Å²) < 4.78 is 5.48. The van der Waals surface area contributed by atoms with Gasteiger partial charge in [0.25, 0.3) is 5.91 Å². The third-order valence-corrected chi connectivity index (χ3v) is 4.86. The Bertz CT molecular complexity index is 1100. The van der Waals surface area contributed by atoms with Crippen LogP contribution in [0.15, 0.2) is 66.4 Å². The molecule has 1 saturated heterocycles.